The summed E-state index contributed by atoms with van der Waals surface area (Å²) in [6.07, 6.45) is 1.70. The second kappa shape index (κ2) is 5.41. The molecule has 0 radical (unpaired) electrons. The average molecular weight is 332 g/mol. The standard InChI is InChI=1S/C18H12N4O3/c19-16-15-12(17(24)21-18(15)25)9-14(23)22(16)11-6-4-10(5-7-11)13-3-1-2-8-20-13/h1-9H,19H2,(H,21,24,25). The SMILES string of the molecule is Nc1c2c(cc(=O)n1-c1ccc(-c3ccccn3)cc1)C(=O)NC2=O. The molecule has 7 nitrogen and oxygen atoms in total. The zero-order chi connectivity index (χ0) is 17.6. The fourth-order valence-electron chi connectivity index (χ4n) is 2.86. The first-order valence-corrected chi connectivity index (χ1v) is 7.49. The van der Waals surface area contributed by atoms with Gasteiger partial charge in [-0.25, -0.2) is 0 Å². The first-order chi connectivity index (χ1) is 12.1. The molecule has 0 bridgehead atoms. The van der Waals surface area contributed by atoms with Crippen molar-refractivity contribution in [2.45, 2.75) is 0 Å². The molecule has 0 saturated carbocycles. The van der Waals surface area contributed by atoms with Crippen molar-refractivity contribution < 1.29 is 9.59 Å². The Morgan fingerprint density at radius 1 is 0.960 bits per heavy atom. The van der Waals surface area contributed by atoms with Crippen LogP contribution in [0.4, 0.5) is 5.82 Å². The second-order valence-corrected chi connectivity index (χ2v) is 5.54. The van der Waals surface area contributed by atoms with Gasteiger partial charge in [-0.2, -0.15) is 0 Å². The number of nitrogens with zero attached hydrogens (tertiary/aromatic N) is 2. The summed E-state index contributed by atoms with van der Waals surface area (Å²) >= 11 is 0. The molecule has 0 aliphatic carbocycles. The monoisotopic (exact) mass is 332 g/mol. The molecule has 2 amide bonds. The van der Waals surface area contributed by atoms with Crippen LogP contribution in [0.15, 0.2) is 59.5 Å². The van der Waals surface area contributed by atoms with E-state index >= 15 is 0 Å². The summed E-state index contributed by atoms with van der Waals surface area (Å²) in [4.78, 5) is 40.2. The fraction of sp³-hybridized carbons (Fsp3) is 0. The van der Waals surface area contributed by atoms with Crippen molar-refractivity contribution in [3.63, 3.8) is 0 Å². The summed E-state index contributed by atoms with van der Waals surface area (Å²) in [6.45, 7) is 0. The number of hydrogen-bond acceptors (Lipinski definition) is 5. The third kappa shape index (κ3) is 2.29. The number of anilines is 1. The Morgan fingerprint density at radius 2 is 1.72 bits per heavy atom. The van der Waals surface area contributed by atoms with E-state index in [1.807, 2.05) is 30.3 Å². The average Bonchev–Trinajstić information content (AvgIpc) is 2.90. The number of fused-ring (bicyclic) bond motifs is 1. The Balaban J connectivity index is 1.84. The van der Waals surface area contributed by atoms with E-state index in [4.69, 9.17) is 5.73 Å². The molecule has 0 unspecified atom stereocenters. The molecule has 25 heavy (non-hydrogen) atoms. The van der Waals surface area contributed by atoms with E-state index in [2.05, 4.69) is 10.3 Å². The normalized spacial score (nSPS) is 12.8. The first kappa shape index (κ1) is 14.8. The van der Waals surface area contributed by atoms with Crippen LogP contribution in [0, 0.1) is 0 Å². The molecule has 122 valence electrons. The van der Waals surface area contributed by atoms with E-state index in [0.29, 0.717) is 5.69 Å². The number of nitrogens with one attached hydrogen (secondary N) is 1. The molecule has 4 rings (SSSR count). The van der Waals surface area contributed by atoms with Gasteiger partial charge in [-0.05, 0) is 24.3 Å². The topological polar surface area (TPSA) is 107 Å². The van der Waals surface area contributed by atoms with E-state index in [9.17, 15) is 14.4 Å². The van der Waals surface area contributed by atoms with Crippen LogP contribution < -0.4 is 16.6 Å². The van der Waals surface area contributed by atoms with E-state index in [-0.39, 0.29) is 16.9 Å². The van der Waals surface area contributed by atoms with Gasteiger partial charge in [0.1, 0.15) is 5.82 Å². The Labute approximate surface area is 141 Å². The zero-order valence-electron chi connectivity index (χ0n) is 12.9. The van der Waals surface area contributed by atoms with Crippen LogP contribution in [0.1, 0.15) is 20.7 Å². The number of hydrogen-bond donors (Lipinski definition) is 2. The molecule has 3 heterocycles. The Kier molecular flexibility index (Phi) is 3.21. The van der Waals surface area contributed by atoms with Crippen LogP contribution >= 0.6 is 0 Å². The maximum Gasteiger partial charge on any atom is 0.262 e. The van der Waals surface area contributed by atoms with Gasteiger partial charge in [-0.3, -0.25) is 29.3 Å². The minimum atomic E-state index is -0.610. The number of amides is 2. The number of nitrogen functional groups attached to an aromatic ring is 1. The Morgan fingerprint density at radius 3 is 2.40 bits per heavy atom. The predicted molar refractivity (Wildman–Crippen MR) is 91.5 cm³/mol. The van der Waals surface area contributed by atoms with Crippen LogP contribution in [0.3, 0.4) is 0 Å². The van der Waals surface area contributed by atoms with Gasteiger partial charge in [0.05, 0.1) is 22.5 Å². The number of benzene rings is 1. The van der Waals surface area contributed by atoms with Crippen molar-refractivity contribution in [1.82, 2.24) is 14.9 Å². The highest BCUT2D eigenvalue weighted by atomic mass is 16.2. The molecule has 7 heteroatoms. The molecule has 1 aliphatic heterocycles. The molecule has 2 aromatic heterocycles. The van der Waals surface area contributed by atoms with E-state index in [1.54, 1.807) is 18.3 Å². The number of rotatable bonds is 2. The lowest BCUT2D eigenvalue weighted by molar-refractivity contribution is 0.0880. The van der Waals surface area contributed by atoms with Gasteiger partial charge in [0.15, 0.2) is 0 Å². The van der Waals surface area contributed by atoms with Crippen molar-refractivity contribution in [3.05, 3.63) is 76.2 Å². The van der Waals surface area contributed by atoms with Crippen LogP contribution in [-0.2, 0) is 0 Å². The lowest BCUT2D eigenvalue weighted by atomic mass is 10.1. The second-order valence-electron chi connectivity index (χ2n) is 5.54. The Bertz CT molecular complexity index is 1070. The van der Waals surface area contributed by atoms with Crippen LogP contribution in [0.25, 0.3) is 16.9 Å². The number of aromatic nitrogens is 2. The van der Waals surface area contributed by atoms with Gasteiger partial charge in [0, 0.05) is 17.8 Å². The number of carbonyl (C=O) groups excluding carboxylic acids is 2. The molecule has 0 atom stereocenters. The van der Waals surface area contributed by atoms with E-state index in [1.165, 1.54) is 4.57 Å². The third-order valence-electron chi connectivity index (χ3n) is 4.04. The number of pyridine rings is 2. The first-order valence-electron chi connectivity index (χ1n) is 7.49. The van der Waals surface area contributed by atoms with E-state index < -0.39 is 17.4 Å². The fourth-order valence-corrected chi connectivity index (χ4v) is 2.86. The van der Waals surface area contributed by atoms with Gasteiger partial charge in [0.25, 0.3) is 17.4 Å². The Hall–Kier alpha value is -3.74. The molecular weight excluding hydrogens is 320 g/mol. The molecule has 1 aromatic carbocycles. The number of imide groups is 1. The molecule has 0 saturated heterocycles. The lowest BCUT2D eigenvalue weighted by Crippen LogP contribution is -2.24. The maximum atomic E-state index is 12.4. The van der Waals surface area contributed by atoms with E-state index in [0.717, 1.165) is 17.3 Å². The van der Waals surface area contributed by atoms with Gasteiger partial charge >= 0.3 is 0 Å². The van der Waals surface area contributed by atoms with Gasteiger partial charge < -0.3 is 5.73 Å². The molecule has 0 fully saturated rings. The van der Waals surface area contributed by atoms with Crippen molar-refractivity contribution in [2.24, 2.45) is 0 Å². The van der Waals surface area contributed by atoms with Crippen LogP contribution in [-0.4, -0.2) is 21.4 Å². The molecule has 1 aliphatic rings. The summed E-state index contributed by atoms with van der Waals surface area (Å²) in [6, 6.07) is 13.7. The summed E-state index contributed by atoms with van der Waals surface area (Å²) in [7, 11) is 0. The maximum absolute atomic E-state index is 12.4. The summed E-state index contributed by atoms with van der Waals surface area (Å²) in [5, 5.41) is 2.14. The van der Waals surface area contributed by atoms with Crippen LogP contribution in [0.5, 0.6) is 0 Å². The van der Waals surface area contributed by atoms with Crippen molar-refractivity contribution in [3.8, 4) is 16.9 Å². The molecular formula is C18H12N4O3. The van der Waals surface area contributed by atoms with Crippen LogP contribution in [0.2, 0.25) is 0 Å². The number of carbonyl (C=O) groups is 2. The van der Waals surface area contributed by atoms with Crippen molar-refractivity contribution in [2.75, 3.05) is 5.73 Å². The summed E-state index contributed by atoms with van der Waals surface area (Å²) in [5.41, 5.74) is 7.74. The summed E-state index contributed by atoms with van der Waals surface area (Å²) < 4.78 is 1.21. The number of nitrogens with two attached hydrogens (primary N) is 1. The molecule has 0 spiro atoms. The smallest absolute Gasteiger partial charge is 0.262 e. The third-order valence-corrected chi connectivity index (χ3v) is 4.04. The highest BCUT2D eigenvalue weighted by molar-refractivity contribution is 6.23. The van der Waals surface area contributed by atoms with Crippen molar-refractivity contribution >= 4 is 17.6 Å². The zero-order valence-corrected chi connectivity index (χ0v) is 12.9. The highest BCUT2D eigenvalue weighted by Gasteiger charge is 2.31. The quantitative estimate of drug-likeness (QED) is 0.689. The molecule has 3 N–H and O–H groups in total. The van der Waals surface area contributed by atoms with Gasteiger partial charge in [-0.1, -0.05) is 18.2 Å². The largest absolute Gasteiger partial charge is 0.384 e. The summed E-state index contributed by atoms with van der Waals surface area (Å²) in [5.74, 6) is -1.27. The predicted octanol–water partition coefficient (Wildman–Crippen LogP) is 1.37. The van der Waals surface area contributed by atoms with Crippen molar-refractivity contribution in [1.29, 1.82) is 0 Å². The lowest BCUT2D eigenvalue weighted by Gasteiger charge is -2.12. The minimum Gasteiger partial charge on any atom is -0.384 e. The highest BCUT2D eigenvalue weighted by Crippen LogP contribution is 2.24. The van der Waals surface area contributed by atoms with Gasteiger partial charge in [-0.15, -0.1) is 0 Å². The molecule has 3 aromatic rings. The minimum absolute atomic E-state index is 0.00820. The van der Waals surface area contributed by atoms with Gasteiger partial charge in [0.2, 0.25) is 0 Å².